The van der Waals surface area contributed by atoms with Crippen LogP contribution in [-0.2, 0) is 13.6 Å². The highest BCUT2D eigenvalue weighted by Crippen LogP contribution is 2.48. The van der Waals surface area contributed by atoms with E-state index in [9.17, 15) is 4.57 Å². The highest BCUT2D eigenvalue weighted by Gasteiger charge is 2.22. The highest BCUT2D eigenvalue weighted by atomic mass is 35.5. The van der Waals surface area contributed by atoms with Crippen LogP contribution in [0.3, 0.4) is 0 Å². The van der Waals surface area contributed by atoms with Gasteiger partial charge in [-0.2, -0.15) is 0 Å². The Morgan fingerprint density at radius 2 is 1.71 bits per heavy atom. The quantitative estimate of drug-likeness (QED) is 0.276. The molecule has 0 heterocycles. The van der Waals surface area contributed by atoms with Crippen LogP contribution in [0, 0.1) is 18.8 Å². The van der Waals surface area contributed by atoms with Crippen molar-refractivity contribution in [1.29, 1.82) is 0 Å². The molecule has 150 valence electrons. The maximum absolute atomic E-state index is 12.4. The van der Waals surface area contributed by atoms with Gasteiger partial charge in [0.1, 0.15) is 0 Å². The van der Waals surface area contributed by atoms with E-state index in [0.717, 1.165) is 27.5 Å². The van der Waals surface area contributed by atoms with E-state index in [-0.39, 0.29) is 0 Å². The third-order valence-electron chi connectivity index (χ3n) is 4.07. The Labute approximate surface area is 173 Å². The second kappa shape index (κ2) is 11.3. The molecule has 2 rings (SSSR count). The van der Waals surface area contributed by atoms with Gasteiger partial charge in [0, 0.05) is 22.7 Å². The summed E-state index contributed by atoms with van der Waals surface area (Å²) in [6, 6.07) is 13.7. The van der Waals surface area contributed by atoms with Crippen molar-refractivity contribution in [3.63, 3.8) is 0 Å². The standard InChI is InChI=1S/C22H27ClNO3P/c1-4-26-28(25,27-5-2)17-10-6-7-12-19-13-8-9-15-22(19)24-21-16-11-14-20(23)18(21)3/h8-9,11,13-16,24H,4-6,10,17H2,1-3H3. The summed E-state index contributed by atoms with van der Waals surface area (Å²) in [5, 5.41) is 4.13. The molecule has 0 unspecified atom stereocenters. The van der Waals surface area contributed by atoms with Crippen LogP contribution in [0.4, 0.5) is 11.4 Å². The van der Waals surface area contributed by atoms with Crippen molar-refractivity contribution in [2.75, 3.05) is 24.7 Å². The fourth-order valence-corrected chi connectivity index (χ4v) is 4.51. The van der Waals surface area contributed by atoms with Crippen LogP contribution in [0.25, 0.3) is 0 Å². The number of rotatable bonds is 9. The molecule has 28 heavy (non-hydrogen) atoms. The molecular weight excluding hydrogens is 393 g/mol. The molecule has 1 N–H and O–H groups in total. The summed E-state index contributed by atoms with van der Waals surface area (Å²) in [6.45, 7) is 6.37. The van der Waals surface area contributed by atoms with E-state index in [1.807, 2.05) is 63.2 Å². The minimum atomic E-state index is -2.99. The Morgan fingerprint density at radius 1 is 1.04 bits per heavy atom. The lowest BCUT2D eigenvalue weighted by molar-refractivity contribution is 0.220. The second-order valence-corrected chi connectivity index (χ2v) is 8.75. The topological polar surface area (TPSA) is 47.6 Å². The lowest BCUT2D eigenvalue weighted by Gasteiger charge is -2.15. The maximum atomic E-state index is 12.4. The Balaban J connectivity index is 2.02. The van der Waals surface area contributed by atoms with Gasteiger partial charge in [0.25, 0.3) is 0 Å². The van der Waals surface area contributed by atoms with Crippen LogP contribution in [0.2, 0.25) is 5.02 Å². The summed E-state index contributed by atoms with van der Waals surface area (Å²) in [5.74, 6) is 6.36. The van der Waals surface area contributed by atoms with E-state index in [0.29, 0.717) is 32.2 Å². The van der Waals surface area contributed by atoms with Crippen molar-refractivity contribution in [3.8, 4) is 11.8 Å². The highest BCUT2D eigenvalue weighted by molar-refractivity contribution is 7.53. The van der Waals surface area contributed by atoms with E-state index >= 15 is 0 Å². The van der Waals surface area contributed by atoms with Gasteiger partial charge < -0.3 is 14.4 Å². The van der Waals surface area contributed by atoms with E-state index < -0.39 is 7.60 Å². The number of hydrogen-bond donors (Lipinski definition) is 1. The predicted molar refractivity (Wildman–Crippen MR) is 118 cm³/mol. The Hall–Kier alpha value is -1.76. The number of para-hydroxylation sites is 1. The van der Waals surface area contributed by atoms with Gasteiger partial charge >= 0.3 is 7.60 Å². The van der Waals surface area contributed by atoms with Gasteiger partial charge in [-0.3, -0.25) is 4.57 Å². The summed E-state index contributed by atoms with van der Waals surface area (Å²) in [6.07, 6.45) is 1.66. The number of hydrogen-bond acceptors (Lipinski definition) is 4. The summed E-state index contributed by atoms with van der Waals surface area (Å²) in [7, 11) is -2.99. The van der Waals surface area contributed by atoms with Crippen LogP contribution in [-0.4, -0.2) is 19.4 Å². The molecule has 2 aromatic carbocycles. The first-order valence-corrected chi connectivity index (χ1v) is 11.6. The molecule has 0 aliphatic carbocycles. The van der Waals surface area contributed by atoms with Gasteiger partial charge in [0.05, 0.1) is 25.1 Å². The van der Waals surface area contributed by atoms with Gasteiger partial charge in [0.2, 0.25) is 0 Å². The zero-order valence-corrected chi connectivity index (χ0v) is 18.3. The van der Waals surface area contributed by atoms with Gasteiger partial charge in [0.15, 0.2) is 0 Å². The Kier molecular flexibility index (Phi) is 9.09. The third-order valence-corrected chi connectivity index (χ3v) is 6.65. The maximum Gasteiger partial charge on any atom is 0.330 e. The summed E-state index contributed by atoms with van der Waals surface area (Å²) in [5.41, 5.74) is 3.78. The smallest absolute Gasteiger partial charge is 0.330 e. The zero-order valence-electron chi connectivity index (χ0n) is 16.6. The van der Waals surface area contributed by atoms with E-state index in [2.05, 4.69) is 17.2 Å². The van der Waals surface area contributed by atoms with Gasteiger partial charge in [-0.1, -0.05) is 41.6 Å². The number of unbranched alkanes of at least 4 members (excludes halogenated alkanes) is 1. The van der Waals surface area contributed by atoms with Crippen molar-refractivity contribution in [2.45, 2.75) is 33.6 Å². The molecule has 0 spiro atoms. The first-order chi connectivity index (χ1) is 13.5. The minimum Gasteiger partial charge on any atom is -0.354 e. The van der Waals surface area contributed by atoms with Crippen LogP contribution >= 0.6 is 19.2 Å². The lowest BCUT2D eigenvalue weighted by atomic mass is 10.1. The van der Waals surface area contributed by atoms with Gasteiger partial charge in [-0.25, -0.2) is 0 Å². The molecule has 0 radical (unpaired) electrons. The number of benzene rings is 2. The molecule has 0 amide bonds. The average molecular weight is 420 g/mol. The summed E-state index contributed by atoms with van der Waals surface area (Å²) in [4.78, 5) is 0. The first-order valence-electron chi connectivity index (χ1n) is 9.47. The number of nitrogens with one attached hydrogen (secondary N) is 1. The molecular formula is C22H27ClNO3P. The number of halogens is 1. The molecule has 0 saturated carbocycles. The van der Waals surface area contributed by atoms with E-state index in [4.69, 9.17) is 20.6 Å². The van der Waals surface area contributed by atoms with Crippen molar-refractivity contribution in [2.24, 2.45) is 0 Å². The van der Waals surface area contributed by atoms with Crippen LogP contribution in [0.5, 0.6) is 0 Å². The second-order valence-electron chi connectivity index (χ2n) is 6.16. The Morgan fingerprint density at radius 3 is 2.43 bits per heavy atom. The summed E-state index contributed by atoms with van der Waals surface area (Å²) < 4.78 is 23.1. The van der Waals surface area contributed by atoms with Crippen molar-refractivity contribution >= 4 is 30.6 Å². The molecule has 0 aliphatic heterocycles. The molecule has 4 nitrogen and oxygen atoms in total. The molecule has 6 heteroatoms. The Bertz CT molecular complexity index is 879. The van der Waals surface area contributed by atoms with Gasteiger partial charge in [-0.15, -0.1) is 0 Å². The van der Waals surface area contributed by atoms with Crippen molar-refractivity contribution in [1.82, 2.24) is 0 Å². The fraction of sp³-hybridized carbons (Fsp3) is 0.364. The molecule has 2 aromatic rings. The van der Waals surface area contributed by atoms with E-state index in [1.165, 1.54) is 0 Å². The van der Waals surface area contributed by atoms with Crippen LogP contribution < -0.4 is 5.32 Å². The summed E-state index contributed by atoms with van der Waals surface area (Å²) >= 11 is 6.21. The lowest BCUT2D eigenvalue weighted by Crippen LogP contribution is -2.00. The monoisotopic (exact) mass is 419 g/mol. The predicted octanol–water partition coefficient (Wildman–Crippen LogP) is 6.79. The molecule has 0 bridgehead atoms. The molecule has 0 aromatic heterocycles. The van der Waals surface area contributed by atoms with Crippen molar-refractivity contribution < 1.29 is 13.6 Å². The van der Waals surface area contributed by atoms with Crippen LogP contribution in [0.1, 0.15) is 37.8 Å². The normalized spacial score (nSPS) is 11.0. The van der Waals surface area contributed by atoms with Crippen molar-refractivity contribution in [3.05, 3.63) is 58.6 Å². The van der Waals surface area contributed by atoms with Crippen LogP contribution in [0.15, 0.2) is 42.5 Å². The van der Waals surface area contributed by atoms with Gasteiger partial charge in [-0.05, 0) is 57.0 Å². The average Bonchev–Trinajstić information content (AvgIpc) is 2.67. The first kappa shape index (κ1) is 22.5. The number of anilines is 2. The largest absolute Gasteiger partial charge is 0.354 e. The minimum absolute atomic E-state index is 0.380. The third kappa shape index (κ3) is 6.69. The molecule has 0 fully saturated rings. The molecule has 0 saturated heterocycles. The zero-order chi connectivity index (χ0) is 20.4. The molecule has 0 aliphatic rings. The SMILES string of the molecule is CCOP(=O)(CCCC#Cc1ccccc1Nc1cccc(Cl)c1C)OCC. The molecule has 0 atom stereocenters. The fourth-order valence-electron chi connectivity index (χ4n) is 2.67. The van der Waals surface area contributed by atoms with E-state index in [1.54, 1.807) is 0 Å².